The first-order valence-electron chi connectivity index (χ1n) is 40.3. The number of allylic oxidation sites excluding steroid dienone is 1. The van der Waals surface area contributed by atoms with Gasteiger partial charge in [0.25, 0.3) is 0 Å². The molecule has 4 saturated heterocycles. The molecule has 16 heterocycles. The Morgan fingerprint density at radius 2 is 0.867 bits per heavy atom. The van der Waals surface area contributed by atoms with Crippen molar-refractivity contribution in [2.45, 2.75) is 49.0 Å². The number of carbonyl (C=O) groups excluding carboxylic acids is 8. The molecule has 3 N–H and O–H groups in total. The maximum Gasteiger partial charge on any atom is 0.375 e. The third-order valence-corrected chi connectivity index (χ3v) is 21.3. The second-order valence-electron chi connectivity index (χ2n) is 28.2. The van der Waals surface area contributed by atoms with Gasteiger partial charge in [0.1, 0.15) is 67.5 Å². The zero-order chi connectivity index (χ0) is 92.4. The van der Waals surface area contributed by atoms with Crippen LogP contribution in [0.1, 0.15) is 106 Å². The molecule has 33 nitrogen and oxygen atoms in total. The number of fused-ring (bicyclic) bond motifs is 5. The molecular weight excluding hydrogens is 1930 g/mol. The highest BCUT2D eigenvalue weighted by atomic mass is 79.9. The van der Waals surface area contributed by atoms with Crippen LogP contribution in [0.3, 0.4) is 0 Å². The topological polar surface area (TPSA) is 346 Å². The number of alkyl halides is 1. The fraction of sp³-hybridized carbons (Fsp3) is 0.368. The first kappa shape index (κ1) is 104. The number of nitrogen functional groups attached to an aromatic ring is 1. The molecule has 12 aromatic heterocycles. The molecule has 0 radical (unpaired) electrons. The second-order valence-corrected chi connectivity index (χ2v) is 31.2. The first-order valence-corrected chi connectivity index (χ1v) is 43.8. The Bertz CT molecular complexity index is 5710. The summed E-state index contributed by atoms with van der Waals surface area (Å²) in [7, 11) is 8.37. The van der Waals surface area contributed by atoms with E-state index in [-0.39, 0.29) is 61.1 Å². The Morgan fingerprint density at radius 1 is 0.461 bits per heavy atom. The molecule has 41 heteroatoms. The number of carbonyl (C=O) groups is 8. The number of nitrogens with one attached hydrogen (secondary N) is 1. The molecule has 0 saturated carbocycles. The van der Waals surface area contributed by atoms with E-state index in [1.54, 1.807) is 87.0 Å². The molecule has 4 aliphatic rings. The number of imidazole rings is 5. The summed E-state index contributed by atoms with van der Waals surface area (Å²) in [6.45, 7) is 26.4. The Hall–Kier alpha value is -11.3. The zero-order valence-corrected chi connectivity index (χ0v) is 78.2. The van der Waals surface area contributed by atoms with Gasteiger partial charge in [-0.2, -0.15) is 17.6 Å². The van der Waals surface area contributed by atoms with Crippen LogP contribution in [-0.2, 0) is 33.3 Å². The van der Waals surface area contributed by atoms with Crippen LogP contribution in [0.15, 0.2) is 154 Å². The number of aromatic nitrogens is 12. The predicted molar refractivity (Wildman–Crippen MR) is 497 cm³/mol. The van der Waals surface area contributed by atoms with Gasteiger partial charge in [0, 0.05) is 117 Å². The lowest BCUT2D eigenvalue weighted by Gasteiger charge is -2.34. The maximum atomic E-state index is 14.7. The summed E-state index contributed by atoms with van der Waals surface area (Å²) in [6.07, 6.45) is 7.23. The van der Waals surface area contributed by atoms with Crippen LogP contribution in [0.25, 0.3) is 34.3 Å². The number of rotatable bonds is 16. The van der Waals surface area contributed by atoms with E-state index >= 15 is 0 Å². The smallest absolute Gasteiger partial charge is 0.375 e. The molecule has 0 aliphatic carbocycles. The Labute approximate surface area is 772 Å². The van der Waals surface area contributed by atoms with Gasteiger partial charge in [-0.3, -0.25) is 46.2 Å². The SMILES string of the molecule is C.CC(=O)/C=C/c1nc2cccc(N3CCN(C)CC3)n2c1F.CCOC(=O)C(=O)CBr.CCOC(=O)c1cn2c(Br)cccc2n1.CCOC(=O)c1nc2cccc(Br)n2c1F.CCOC(=O)c1nc2cccc(N3CCN(C)CC3)n2c1F.CN1CCN(c2cccc3nc(C=O)c(F)n23)CC1.CN1CCNCC1.Cc1cccnc1C=O.Nc1cccc(Br)n1. The number of halogens is 8. The number of ketones is 2. The van der Waals surface area contributed by atoms with Crippen molar-refractivity contribution in [2.75, 3.05) is 185 Å². The van der Waals surface area contributed by atoms with Gasteiger partial charge in [0.2, 0.25) is 41.0 Å². The molecule has 4 aliphatic heterocycles. The molecule has 0 amide bonds. The number of nitrogens with zero attached hydrogens (tertiary/aromatic N) is 19. The molecule has 0 spiro atoms. The van der Waals surface area contributed by atoms with Gasteiger partial charge in [-0.05, 0) is 214 Å². The number of anilines is 4. The third-order valence-electron chi connectivity index (χ3n) is 19.1. The standard InChI is InChI=1S/C16H19FN4O.C15H19FN4O2.C13H15FN4O.C10H8BrFN2O2.C10H9BrN2O2.C7H7NO.C5H5BrN2.C5H7BrO3.C5H12N2.CH4/c1-12(22)6-7-13-16(17)21-14(18-13)4-3-5-15(21)20-10-8-19(2)9-11-20;1-3-22-15(21)13-14(16)20-11(17-13)5-4-6-12(20)19-9-7-18(2)8-10-19;1-16-5-7-17(8-6-16)12-4-2-3-11-15-10(9-19)13(14)18(11)12;1-2-16-10(15)8-9(12)14-6(11)4-3-5-7(14)13-8;1-2-15-10(14)7-6-13-8(11)4-3-5-9(13)12-7;1-6-3-2-4-8-7(6)5-9;6-4-2-1-3-5(7)8-4;1-2-9-5(8)4(7)3-6;1-7-4-2-6-3-5-7;/h3-7H,8-11H2,1-2H3;4-6H,3,7-10H2,1-2H3;2-4,9H,5-8H2,1H3;3-5H,2H2,1H3;3-6H,2H2,1H3;2-5H,1H3;1-3H,(H2,7,8);2-3H2,1H3;6H,2-5H2,1H3;1H4/b7-6+;;;;;;;;;. The van der Waals surface area contributed by atoms with E-state index in [0.29, 0.717) is 68.8 Å². The summed E-state index contributed by atoms with van der Waals surface area (Å²) in [5, 5.41) is 3.31. The van der Waals surface area contributed by atoms with Crippen molar-refractivity contribution in [3.63, 3.8) is 0 Å². The molecule has 12 aromatic rings. The maximum absolute atomic E-state index is 14.7. The molecule has 0 unspecified atom stereocenters. The lowest BCUT2D eigenvalue weighted by molar-refractivity contribution is -0.152. The first-order chi connectivity index (χ1) is 61.0. The van der Waals surface area contributed by atoms with Gasteiger partial charge in [-0.15, -0.1) is 0 Å². The number of hydrogen-bond donors (Lipinski definition) is 2. The van der Waals surface area contributed by atoms with Crippen molar-refractivity contribution < 1.29 is 74.9 Å². The van der Waals surface area contributed by atoms with E-state index in [1.165, 1.54) is 49.8 Å². The van der Waals surface area contributed by atoms with Gasteiger partial charge in [-0.1, -0.05) is 65.8 Å². The number of likely N-dealkylation sites (N-methyl/N-ethyl adjacent to an activating group) is 4. The van der Waals surface area contributed by atoms with Gasteiger partial charge < -0.3 is 64.3 Å². The number of ether oxygens (including phenoxy) is 4. The van der Waals surface area contributed by atoms with Gasteiger partial charge in [0.05, 0.1) is 41.0 Å². The van der Waals surface area contributed by atoms with Crippen LogP contribution >= 0.6 is 63.7 Å². The molecule has 4 fully saturated rings. The fourth-order valence-corrected chi connectivity index (χ4v) is 13.9. The van der Waals surface area contributed by atoms with Crippen molar-refractivity contribution in [1.29, 1.82) is 0 Å². The van der Waals surface area contributed by atoms with E-state index < -0.39 is 53.5 Å². The normalized spacial score (nSPS) is 14.0. The molecular formula is C87H105Br4F4N21O12. The number of pyridine rings is 7. The predicted octanol–water partition coefficient (Wildman–Crippen LogP) is 12.3. The number of hydrogen-bond acceptors (Lipinski definition) is 28. The van der Waals surface area contributed by atoms with Gasteiger partial charge in [-0.25, -0.2) is 49.1 Å². The van der Waals surface area contributed by atoms with Crippen molar-refractivity contribution in [2.24, 2.45) is 0 Å². The van der Waals surface area contributed by atoms with E-state index in [1.807, 2.05) is 85.8 Å². The van der Waals surface area contributed by atoms with Gasteiger partial charge >= 0.3 is 23.9 Å². The molecule has 686 valence electrons. The van der Waals surface area contributed by atoms with Crippen molar-refractivity contribution >= 4 is 169 Å². The van der Waals surface area contributed by atoms with E-state index in [9.17, 15) is 55.9 Å². The van der Waals surface area contributed by atoms with Crippen molar-refractivity contribution in [3.05, 3.63) is 217 Å². The highest BCUT2D eigenvalue weighted by Gasteiger charge is 2.28. The lowest BCUT2D eigenvalue weighted by atomic mass is 10.2. The van der Waals surface area contributed by atoms with Crippen LogP contribution in [-0.4, -0.2) is 289 Å². The highest BCUT2D eigenvalue weighted by Crippen LogP contribution is 2.27. The van der Waals surface area contributed by atoms with Crippen molar-refractivity contribution in [3.8, 4) is 0 Å². The van der Waals surface area contributed by atoms with E-state index in [4.69, 9.17) is 19.9 Å². The largest absolute Gasteiger partial charge is 0.461 e. The summed E-state index contributed by atoms with van der Waals surface area (Å²) in [6, 6.07) is 35.9. The van der Waals surface area contributed by atoms with Crippen LogP contribution in [0.5, 0.6) is 0 Å². The Balaban J connectivity index is 0.000000202. The Kier molecular flexibility index (Phi) is 42.3. The summed E-state index contributed by atoms with van der Waals surface area (Å²) in [4.78, 5) is 131. The quantitative estimate of drug-likeness (QED) is 0.0133. The van der Waals surface area contributed by atoms with Crippen LogP contribution < -0.4 is 25.8 Å². The number of esters is 4. The number of piperazine rings is 4. The second kappa shape index (κ2) is 52.2. The van der Waals surface area contributed by atoms with Crippen LogP contribution in [0, 0.1) is 30.7 Å². The highest BCUT2D eigenvalue weighted by molar-refractivity contribution is 9.11. The minimum absolute atomic E-state index is 0. The summed E-state index contributed by atoms with van der Waals surface area (Å²) >= 11 is 12.6. The van der Waals surface area contributed by atoms with Gasteiger partial charge in [0.15, 0.2) is 29.7 Å². The molecule has 16 rings (SSSR count). The minimum Gasteiger partial charge on any atom is -0.461 e. The molecule has 128 heavy (non-hydrogen) atoms. The number of aryl methyl sites for hydroxylation is 1. The summed E-state index contributed by atoms with van der Waals surface area (Å²) in [5.74, 6) is -2.91. The lowest BCUT2D eigenvalue weighted by Crippen LogP contribution is -2.45. The summed E-state index contributed by atoms with van der Waals surface area (Å²) < 4.78 is 85.6. The summed E-state index contributed by atoms with van der Waals surface area (Å²) in [5.41, 5.74) is 9.09. The number of aldehydes is 2. The Morgan fingerprint density at radius 3 is 1.27 bits per heavy atom. The van der Waals surface area contributed by atoms with E-state index in [2.05, 4.69) is 171 Å². The third kappa shape index (κ3) is 29.4. The zero-order valence-electron chi connectivity index (χ0n) is 71.9. The average Bonchev–Trinajstić information content (AvgIpc) is 1.61. The van der Waals surface area contributed by atoms with E-state index in [0.717, 1.165) is 124 Å². The van der Waals surface area contributed by atoms with Crippen molar-refractivity contribution in [1.82, 2.24) is 81.8 Å². The molecule has 0 aromatic carbocycles. The number of nitrogens with two attached hydrogens (primary N) is 1. The average molecular weight is 2030 g/mol. The number of Topliss-reactive ketones (excluding diaryl/α,β-unsaturated/α-hetero) is 1. The molecule has 0 bridgehead atoms. The van der Waals surface area contributed by atoms with Crippen LogP contribution in [0.4, 0.5) is 40.8 Å². The van der Waals surface area contributed by atoms with Crippen LogP contribution in [0.2, 0.25) is 0 Å². The monoisotopic (exact) mass is 2030 g/mol. The minimum atomic E-state index is -0.769. The molecule has 0 atom stereocenters. The fourth-order valence-electron chi connectivity index (χ4n) is 12.4.